The summed E-state index contributed by atoms with van der Waals surface area (Å²) in [5, 5.41) is 6.61. The van der Waals surface area contributed by atoms with Crippen LogP contribution in [-0.2, 0) is 22.6 Å². The molecular formula is C37H49N5O2. The molecule has 234 valence electrons. The number of carbonyl (C=O) groups excluding carboxylic acids is 2. The van der Waals surface area contributed by atoms with Crippen molar-refractivity contribution in [1.29, 1.82) is 0 Å². The van der Waals surface area contributed by atoms with Crippen LogP contribution in [-0.4, -0.2) is 78.4 Å². The first kappa shape index (κ1) is 31.9. The van der Waals surface area contributed by atoms with Crippen molar-refractivity contribution in [3.8, 4) is 0 Å². The van der Waals surface area contributed by atoms with Gasteiger partial charge in [-0.2, -0.15) is 0 Å². The zero-order valence-corrected chi connectivity index (χ0v) is 26.9. The number of nitrogens with zero attached hydrogens (tertiary/aromatic N) is 3. The maximum absolute atomic E-state index is 14.1. The number of carbonyl (C=O) groups is 2. The molecule has 2 amide bonds. The number of fused-ring (bicyclic) bond motifs is 1. The Kier molecular flexibility index (Phi) is 10.9. The third-order valence-electron chi connectivity index (χ3n) is 9.41. The number of rotatable bonds is 12. The molecule has 1 saturated heterocycles. The average Bonchev–Trinajstić information content (AvgIpc) is 3.45. The Labute approximate surface area is 263 Å². The van der Waals surface area contributed by atoms with Crippen molar-refractivity contribution in [2.45, 2.75) is 65.2 Å². The number of piperazine rings is 1. The van der Waals surface area contributed by atoms with Gasteiger partial charge in [-0.25, -0.2) is 0 Å². The third kappa shape index (κ3) is 7.95. The summed E-state index contributed by atoms with van der Waals surface area (Å²) < 4.78 is 0. The van der Waals surface area contributed by atoms with E-state index in [0.29, 0.717) is 25.9 Å². The molecule has 5 rings (SSSR count). The van der Waals surface area contributed by atoms with Crippen molar-refractivity contribution in [1.82, 2.24) is 25.3 Å². The summed E-state index contributed by atoms with van der Waals surface area (Å²) >= 11 is 0. The van der Waals surface area contributed by atoms with Gasteiger partial charge in [0.2, 0.25) is 11.8 Å². The highest BCUT2D eigenvalue weighted by molar-refractivity contribution is 5.88. The van der Waals surface area contributed by atoms with Crippen LogP contribution in [0, 0.1) is 13.8 Å². The van der Waals surface area contributed by atoms with Gasteiger partial charge in [0, 0.05) is 64.2 Å². The van der Waals surface area contributed by atoms with Gasteiger partial charge in [0.25, 0.3) is 0 Å². The number of nitrogens with one attached hydrogen (secondary N) is 2. The number of likely N-dealkylation sites (N-methyl/N-ethyl adjacent to an activating group) is 1. The maximum Gasteiger partial charge on any atom is 0.245 e. The van der Waals surface area contributed by atoms with Gasteiger partial charge in [-0.1, -0.05) is 97.8 Å². The number of hydrogen-bond donors (Lipinski definition) is 2. The first-order valence-corrected chi connectivity index (χ1v) is 16.3. The minimum Gasteiger partial charge on any atom is -0.344 e. The molecule has 0 aliphatic carbocycles. The molecule has 0 spiro atoms. The predicted octanol–water partition coefficient (Wildman–Crippen LogP) is 4.79. The van der Waals surface area contributed by atoms with E-state index in [1.54, 1.807) is 0 Å². The first-order chi connectivity index (χ1) is 21.3. The molecule has 0 aromatic heterocycles. The Morgan fingerprint density at radius 3 is 2.18 bits per heavy atom. The Hall–Kier alpha value is -3.52. The van der Waals surface area contributed by atoms with Crippen LogP contribution < -0.4 is 10.6 Å². The van der Waals surface area contributed by atoms with E-state index in [4.69, 9.17) is 0 Å². The molecule has 0 radical (unpaired) electrons. The highest BCUT2D eigenvalue weighted by atomic mass is 16.2. The van der Waals surface area contributed by atoms with Crippen LogP contribution in [0.4, 0.5) is 0 Å². The van der Waals surface area contributed by atoms with Crippen molar-refractivity contribution in [2.75, 3.05) is 45.8 Å². The number of benzene rings is 3. The molecule has 3 unspecified atom stereocenters. The van der Waals surface area contributed by atoms with E-state index in [9.17, 15) is 9.59 Å². The van der Waals surface area contributed by atoms with Crippen molar-refractivity contribution >= 4 is 11.8 Å². The molecule has 2 aliphatic heterocycles. The average molecular weight is 596 g/mol. The Bertz CT molecular complexity index is 1380. The summed E-state index contributed by atoms with van der Waals surface area (Å²) in [4.78, 5) is 34.4. The van der Waals surface area contributed by atoms with Crippen LogP contribution in [0.25, 0.3) is 0 Å². The highest BCUT2D eigenvalue weighted by Crippen LogP contribution is 2.28. The van der Waals surface area contributed by atoms with Crippen LogP contribution in [0.2, 0.25) is 0 Å². The molecular weight excluding hydrogens is 546 g/mol. The van der Waals surface area contributed by atoms with Gasteiger partial charge < -0.3 is 20.4 Å². The largest absolute Gasteiger partial charge is 0.344 e. The molecule has 0 bridgehead atoms. The monoisotopic (exact) mass is 595 g/mol. The lowest BCUT2D eigenvalue weighted by molar-refractivity contribution is -0.138. The van der Waals surface area contributed by atoms with Crippen molar-refractivity contribution in [2.24, 2.45) is 0 Å². The molecule has 0 saturated carbocycles. The smallest absolute Gasteiger partial charge is 0.245 e. The van der Waals surface area contributed by atoms with E-state index in [2.05, 4.69) is 109 Å². The fraction of sp³-hybridized carbons (Fsp3) is 0.459. The molecule has 7 nitrogen and oxygen atoms in total. The normalized spacial score (nSPS) is 18.2. The van der Waals surface area contributed by atoms with Crippen molar-refractivity contribution in [3.05, 3.63) is 106 Å². The number of hydrogen-bond acceptors (Lipinski definition) is 5. The topological polar surface area (TPSA) is 67.9 Å². The van der Waals surface area contributed by atoms with E-state index in [-0.39, 0.29) is 23.9 Å². The lowest BCUT2D eigenvalue weighted by atomic mass is 10.00. The molecule has 2 heterocycles. The van der Waals surface area contributed by atoms with Crippen LogP contribution in [0.3, 0.4) is 0 Å². The standard InChI is InChI=1S/C37H49N5O2/c1-5-40(6-2)26-35(30-17-13-28(4)14-18-30)41-19-21-42(22-20-41)37(44)34(23-29-15-11-27(3)12-16-29)39-36(43)24-33-32-10-8-7-9-31(32)25-38-33/h7-18,33-35,38H,5-6,19-26H2,1-4H3,(H,39,43). The summed E-state index contributed by atoms with van der Waals surface area (Å²) in [6.45, 7) is 15.3. The number of amides is 2. The van der Waals surface area contributed by atoms with Gasteiger partial charge in [-0.15, -0.1) is 0 Å². The summed E-state index contributed by atoms with van der Waals surface area (Å²) in [7, 11) is 0. The molecule has 3 atom stereocenters. The molecule has 44 heavy (non-hydrogen) atoms. The van der Waals surface area contributed by atoms with E-state index < -0.39 is 6.04 Å². The van der Waals surface area contributed by atoms with Crippen molar-refractivity contribution < 1.29 is 9.59 Å². The molecule has 3 aromatic carbocycles. The second-order valence-electron chi connectivity index (χ2n) is 12.4. The molecule has 3 aromatic rings. The zero-order chi connectivity index (χ0) is 31.1. The quantitative estimate of drug-likeness (QED) is 0.315. The Balaban J connectivity index is 1.27. The molecule has 7 heteroatoms. The zero-order valence-electron chi connectivity index (χ0n) is 26.9. The van der Waals surface area contributed by atoms with Gasteiger partial charge >= 0.3 is 0 Å². The Morgan fingerprint density at radius 2 is 1.52 bits per heavy atom. The number of aryl methyl sites for hydroxylation is 2. The third-order valence-corrected chi connectivity index (χ3v) is 9.41. The molecule has 2 aliphatic rings. The Morgan fingerprint density at radius 1 is 0.886 bits per heavy atom. The van der Waals surface area contributed by atoms with Crippen LogP contribution in [0.5, 0.6) is 0 Å². The highest BCUT2D eigenvalue weighted by Gasteiger charge is 2.33. The maximum atomic E-state index is 14.1. The molecule has 2 N–H and O–H groups in total. The summed E-state index contributed by atoms with van der Waals surface area (Å²) in [6, 6.07) is 25.1. The van der Waals surface area contributed by atoms with E-state index in [0.717, 1.165) is 44.8 Å². The van der Waals surface area contributed by atoms with E-state index in [1.807, 2.05) is 17.0 Å². The lowest BCUT2D eigenvalue weighted by Gasteiger charge is -2.42. The SMILES string of the molecule is CCN(CC)CC(c1ccc(C)cc1)N1CCN(C(=O)C(Cc2ccc(C)cc2)NC(=O)CC2NCc3ccccc32)CC1. The van der Waals surface area contributed by atoms with Gasteiger partial charge in [0.05, 0.1) is 0 Å². The summed E-state index contributed by atoms with van der Waals surface area (Å²) in [5.74, 6) is -0.0871. The lowest BCUT2D eigenvalue weighted by Crippen LogP contribution is -2.56. The van der Waals surface area contributed by atoms with E-state index in [1.165, 1.54) is 27.8 Å². The van der Waals surface area contributed by atoms with Crippen LogP contribution >= 0.6 is 0 Å². The fourth-order valence-corrected chi connectivity index (χ4v) is 6.58. The predicted molar refractivity (Wildman–Crippen MR) is 177 cm³/mol. The fourth-order valence-electron chi connectivity index (χ4n) is 6.58. The van der Waals surface area contributed by atoms with Crippen LogP contribution in [0.15, 0.2) is 72.8 Å². The van der Waals surface area contributed by atoms with Gasteiger partial charge in [0.15, 0.2) is 0 Å². The van der Waals surface area contributed by atoms with Gasteiger partial charge in [-0.3, -0.25) is 14.5 Å². The summed E-state index contributed by atoms with van der Waals surface area (Å²) in [6.07, 6.45) is 0.791. The molecule has 1 fully saturated rings. The minimum atomic E-state index is -0.600. The first-order valence-electron chi connectivity index (χ1n) is 16.3. The second kappa shape index (κ2) is 15.0. The van der Waals surface area contributed by atoms with E-state index >= 15 is 0 Å². The minimum absolute atomic E-state index is 0.00832. The second-order valence-corrected chi connectivity index (χ2v) is 12.4. The summed E-state index contributed by atoms with van der Waals surface area (Å²) in [5.41, 5.74) is 7.23. The van der Waals surface area contributed by atoms with Crippen molar-refractivity contribution in [3.63, 3.8) is 0 Å². The van der Waals surface area contributed by atoms with Gasteiger partial charge in [-0.05, 0) is 49.2 Å². The van der Waals surface area contributed by atoms with Gasteiger partial charge in [0.1, 0.15) is 6.04 Å². The van der Waals surface area contributed by atoms with Crippen LogP contribution in [0.1, 0.15) is 65.7 Å².